The molecule has 9 nitrogen and oxygen atoms in total. The van der Waals surface area contributed by atoms with Gasteiger partial charge in [0.05, 0.1) is 28.7 Å². The van der Waals surface area contributed by atoms with Crippen LogP contribution in [0.3, 0.4) is 0 Å². The summed E-state index contributed by atoms with van der Waals surface area (Å²) in [6.45, 7) is 3.18. The summed E-state index contributed by atoms with van der Waals surface area (Å²) in [7, 11) is 0. The van der Waals surface area contributed by atoms with Gasteiger partial charge in [0.2, 0.25) is 0 Å². The van der Waals surface area contributed by atoms with E-state index in [4.69, 9.17) is 0 Å². The van der Waals surface area contributed by atoms with Gasteiger partial charge in [-0.15, -0.1) is 0 Å². The lowest BCUT2D eigenvalue weighted by Gasteiger charge is -2.37. The molecule has 0 aromatic heterocycles. The van der Waals surface area contributed by atoms with Gasteiger partial charge >= 0.3 is 0 Å². The first-order valence-electron chi connectivity index (χ1n) is 9.79. The normalized spacial score (nSPS) is 17.9. The van der Waals surface area contributed by atoms with E-state index in [1.165, 1.54) is 12.1 Å². The fourth-order valence-electron chi connectivity index (χ4n) is 3.95. The number of piperazine rings is 1. The van der Waals surface area contributed by atoms with Gasteiger partial charge < -0.3 is 10.0 Å². The number of carbonyl (C=O) groups excluding carboxylic acids is 2. The Morgan fingerprint density at radius 3 is 2.00 bits per heavy atom. The number of aliphatic hydroxyl groups excluding tert-OH is 1. The Kier molecular flexibility index (Phi) is 5.47. The Hall–Kier alpha value is -3.30. The molecule has 1 saturated heterocycles. The van der Waals surface area contributed by atoms with Crippen molar-refractivity contribution in [3.8, 4) is 0 Å². The Labute approximate surface area is 173 Å². The highest BCUT2D eigenvalue weighted by molar-refractivity contribution is 6.21. The first kappa shape index (κ1) is 20.0. The van der Waals surface area contributed by atoms with Gasteiger partial charge in [-0.3, -0.25) is 29.5 Å². The fourth-order valence-corrected chi connectivity index (χ4v) is 3.95. The van der Waals surface area contributed by atoms with Crippen LogP contribution in [0.5, 0.6) is 0 Å². The van der Waals surface area contributed by atoms with Crippen molar-refractivity contribution in [1.82, 2.24) is 9.80 Å². The zero-order valence-corrected chi connectivity index (χ0v) is 16.3. The summed E-state index contributed by atoms with van der Waals surface area (Å²) in [5, 5.41) is 21.3. The van der Waals surface area contributed by atoms with Crippen LogP contribution in [0.25, 0.3) is 0 Å². The quantitative estimate of drug-likeness (QED) is 0.435. The second-order valence-electron chi connectivity index (χ2n) is 7.48. The summed E-state index contributed by atoms with van der Waals surface area (Å²) in [6.07, 6.45) is -0.835. The summed E-state index contributed by atoms with van der Waals surface area (Å²) < 4.78 is 0. The second kappa shape index (κ2) is 8.21. The highest BCUT2D eigenvalue weighted by Crippen LogP contribution is 2.23. The number of nitro benzene ring substituents is 1. The number of β-amino-alcohol motifs (C(OH)–C–C–N with tert-alkyl or cyclic N) is 1. The van der Waals surface area contributed by atoms with Crippen molar-refractivity contribution in [1.29, 1.82) is 0 Å². The Balaban J connectivity index is 1.29. The van der Waals surface area contributed by atoms with E-state index in [1.54, 1.807) is 36.4 Å². The van der Waals surface area contributed by atoms with Gasteiger partial charge in [0.15, 0.2) is 0 Å². The number of aliphatic hydroxyl groups is 1. The molecule has 2 amide bonds. The maximum Gasteiger partial charge on any atom is 0.269 e. The van der Waals surface area contributed by atoms with Gasteiger partial charge in [0.1, 0.15) is 0 Å². The molecule has 9 heteroatoms. The van der Waals surface area contributed by atoms with Gasteiger partial charge in [-0.1, -0.05) is 12.1 Å². The number of rotatable bonds is 6. The van der Waals surface area contributed by atoms with Gasteiger partial charge in [0, 0.05) is 50.5 Å². The SMILES string of the molecule is O=C1c2ccccc2C(=O)N1C[C@@H](O)CN1CCN(c2ccc([N+](=O)[O-])cc2)CC1. The molecule has 2 heterocycles. The average molecular weight is 410 g/mol. The Bertz CT molecular complexity index is 935. The van der Waals surface area contributed by atoms with Crippen molar-refractivity contribution in [2.45, 2.75) is 6.10 Å². The molecule has 0 bridgehead atoms. The van der Waals surface area contributed by atoms with Crippen LogP contribution in [0.4, 0.5) is 11.4 Å². The van der Waals surface area contributed by atoms with E-state index in [1.807, 2.05) is 0 Å². The number of imide groups is 1. The van der Waals surface area contributed by atoms with Crippen LogP contribution in [-0.4, -0.2) is 77.0 Å². The van der Waals surface area contributed by atoms with Crippen molar-refractivity contribution < 1.29 is 19.6 Å². The number of nitrogens with zero attached hydrogens (tertiary/aromatic N) is 4. The minimum atomic E-state index is -0.835. The third-order valence-electron chi connectivity index (χ3n) is 5.54. The number of nitro groups is 1. The minimum Gasteiger partial charge on any atom is -0.390 e. The zero-order valence-electron chi connectivity index (χ0n) is 16.3. The van der Waals surface area contributed by atoms with E-state index in [0.717, 1.165) is 23.7 Å². The number of hydrogen-bond acceptors (Lipinski definition) is 7. The molecule has 2 aromatic rings. The summed E-state index contributed by atoms with van der Waals surface area (Å²) in [4.78, 5) is 40.6. The predicted octanol–water partition coefficient (Wildman–Crippen LogP) is 1.37. The number of fused-ring (bicyclic) bond motifs is 1. The number of benzene rings is 2. The van der Waals surface area contributed by atoms with Crippen LogP contribution < -0.4 is 4.90 Å². The molecule has 4 rings (SSSR count). The van der Waals surface area contributed by atoms with Crippen molar-refractivity contribution in [3.05, 3.63) is 69.8 Å². The fraction of sp³-hybridized carbons (Fsp3) is 0.333. The van der Waals surface area contributed by atoms with Crippen LogP contribution in [0, 0.1) is 10.1 Å². The van der Waals surface area contributed by atoms with Crippen LogP contribution in [0.2, 0.25) is 0 Å². The summed E-state index contributed by atoms with van der Waals surface area (Å²) in [6, 6.07) is 13.2. The molecule has 2 aliphatic rings. The Morgan fingerprint density at radius 2 is 1.47 bits per heavy atom. The lowest BCUT2D eigenvalue weighted by molar-refractivity contribution is -0.384. The standard InChI is InChI=1S/C21H22N4O5/c26-17(14-24-20(27)18-3-1-2-4-19(18)21(24)28)13-22-9-11-23(12-10-22)15-5-7-16(8-6-15)25(29)30/h1-8,17,26H,9-14H2/t17-/m0/s1. The predicted molar refractivity (Wildman–Crippen MR) is 110 cm³/mol. The number of carbonyl (C=O) groups is 2. The molecule has 2 aliphatic heterocycles. The topological polar surface area (TPSA) is 107 Å². The molecule has 30 heavy (non-hydrogen) atoms. The van der Waals surface area contributed by atoms with Gasteiger partial charge in [-0.05, 0) is 24.3 Å². The van der Waals surface area contributed by atoms with E-state index in [2.05, 4.69) is 9.80 Å². The molecule has 156 valence electrons. The third kappa shape index (κ3) is 3.89. The third-order valence-corrected chi connectivity index (χ3v) is 5.54. The maximum absolute atomic E-state index is 12.4. The van der Waals surface area contributed by atoms with Gasteiger partial charge in [0.25, 0.3) is 17.5 Å². The van der Waals surface area contributed by atoms with E-state index in [9.17, 15) is 24.8 Å². The maximum atomic E-state index is 12.4. The molecule has 0 saturated carbocycles. The minimum absolute atomic E-state index is 0.0328. The Morgan fingerprint density at radius 1 is 0.900 bits per heavy atom. The number of non-ortho nitro benzene ring substituents is 1. The van der Waals surface area contributed by atoms with Gasteiger partial charge in [-0.2, -0.15) is 0 Å². The molecular weight excluding hydrogens is 388 g/mol. The molecule has 0 unspecified atom stereocenters. The molecule has 1 atom stereocenters. The largest absolute Gasteiger partial charge is 0.390 e. The van der Waals surface area contributed by atoms with E-state index in [-0.39, 0.29) is 24.0 Å². The average Bonchev–Trinajstić information content (AvgIpc) is 2.99. The van der Waals surface area contributed by atoms with Gasteiger partial charge in [-0.25, -0.2) is 0 Å². The number of anilines is 1. The first-order chi connectivity index (χ1) is 14.4. The summed E-state index contributed by atoms with van der Waals surface area (Å²) in [5.41, 5.74) is 1.75. The molecular formula is C21H22N4O5. The van der Waals surface area contributed by atoms with E-state index in [0.29, 0.717) is 30.8 Å². The van der Waals surface area contributed by atoms with Crippen molar-refractivity contribution >= 4 is 23.2 Å². The van der Waals surface area contributed by atoms with Crippen LogP contribution >= 0.6 is 0 Å². The van der Waals surface area contributed by atoms with Crippen LogP contribution in [-0.2, 0) is 0 Å². The van der Waals surface area contributed by atoms with Crippen LogP contribution in [0.15, 0.2) is 48.5 Å². The number of amides is 2. The van der Waals surface area contributed by atoms with Crippen molar-refractivity contribution in [2.24, 2.45) is 0 Å². The second-order valence-corrected chi connectivity index (χ2v) is 7.48. The highest BCUT2D eigenvalue weighted by atomic mass is 16.6. The summed E-state index contributed by atoms with van der Waals surface area (Å²) >= 11 is 0. The van der Waals surface area contributed by atoms with Crippen molar-refractivity contribution in [3.63, 3.8) is 0 Å². The van der Waals surface area contributed by atoms with E-state index < -0.39 is 11.0 Å². The van der Waals surface area contributed by atoms with E-state index >= 15 is 0 Å². The first-order valence-corrected chi connectivity index (χ1v) is 9.79. The highest BCUT2D eigenvalue weighted by Gasteiger charge is 2.36. The van der Waals surface area contributed by atoms with Crippen molar-refractivity contribution in [2.75, 3.05) is 44.2 Å². The molecule has 1 N–H and O–H groups in total. The number of hydrogen-bond donors (Lipinski definition) is 1. The molecule has 0 spiro atoms. The molecule has 0 radical (unpaired) electrons. The molecule has 2 aromatic carbocycles. The lowest BCUT2D eigenvalue weighted by atomic mass is 10.1. The monoisotopic (exact) mass is 410 g/mol. The smallest absolute Gasteiger partial charge is 0.269 e. The molecule has 0 aliphatic carbocycles. The lowest BCUT2D eigenvalue weighted by Crippen LogP contribution is -2.50. The zero-order chi connectivity index (χ0) is 21.3. The molecule has 1 fully saturated rings. The summed E-state index contributed by atoms with van der Waals surface area (Å²) in [5.74, 6) is -0.727. The van der Waals surface area contributed by atoms with Crippen LogP contribution in [0.1, 0.15) is 20.7 Å².